The van der Waals surface area contributed by atoms with Crippen LogP contribution in [-0.4, -0.2) is 17.3 Å². The van der Waals surface area contributed by atoms with Gasteiger partial charge < -0.3 is 10.5 Å². The molecule has 5 nitrogen and oxygen atoms in total. The first-order chi connectivity index (χ1) is 7.72. The number of methoxy groups -OCH3 is 1. The van der Waals surface area contributed by atoms with Gasteiger partial charge in [-0.1, -0.05) is 0 Å². The second kappa shape index (κ2) is 4.06. The largest absolute Gasteiger partial charge is 0.496 e. The van der Waals surface area contributed by atoms with E-state index in [1.165, 1.54) is 13.3 Å². The topological polar surface area (TPSA) is 81.0 Å². The van der Waals surface area contributed by atoms with Gasteiger partial charge in [0.1, 0.15) is 5.75 Å². The van der Waals surface area contributed by atoms with Crippen molar-refractivity contribution in [3.05, 3.63) is 40.8 Å². The van der Waals surface area contributed by atoms with E-state index >= 15 is 0 Å². The third-order valence-corrected chi connectivity index (χ3v) is 2.24. The van der Waals surface area contributed by atoms with Gasteiger partial charge in [0.25, 0.3) is 5.56 Å². The van der Waals surface area contributed by atoms with E-state index in [-0.39, 0.29) is 5.56 Å². The van der Waals surface area contributed by atoms with Gasteiger partial charge in [-0.15, -0.1) is 0 Å². The Kier molecular flexibility index (Phi) is 2.59. The quantitative estimate of drug-likeness (QED) is 0.736. The van der Waals surface area contributed by atoms with Crippen molar-refractivity contribution in [2.24, 2.45) is 0 Å². The summed E-state index contributed by atoms with van der Waals surface area (Å²) in [5.41, 5.74) is 7.17. The molecule has 2 aromatic rings. The fourth-order valence-corrected chi connectivity index (χ4v) is 1.49. The monoisotopic (exact) mass is 217 g/mol. The summed E-state index contributed by atoms with van der Waals surface area (Å²) in [5.74, 6) is 0.566. The molecule has 0 aliphatic heterocycles. The van der Waals surface area contributed by atoms with E-state index in [2.05, 4.69) is 10.2 Å². The fraction of sp³-hybridized carbons (Fsp3) is 0.0909. The molecule has 0 radical (unpaired) electrons. The van der Waals surface area contributed by atoms with Crippen molar-refractivity contribution in [3.8, 4) is 16.9 Å². The van der Waals surface area contributed by atoms with Gasteiger partial charge in [0, 0.05) is 23.5 Å². The lowest BCUT2D eigenvalue weighted by atomic mass is 10.1. The van der Waals surface area contributed by atoms with Crippen LogP contribution in [0, 0.1) is 0 Å². The first kappa shape index (κ1) is 10.2. The third-order valence-electron chi connectivity index (χ3n) is 2.24. The predicted molar refractivity (Wildman–Crippen MR) is 61.3 cm³/mol. The van der Waals surface area contributed by atoms with Gasteiger partial charge in [-0.05, 0) is 18.2 Å². The Morgan fingerprint density at radius 3 is 2.81 bits per heavy atom. The number of nitrogen functional groups attached to an aromatic ring is 1. The Morgan fingerprint density at radius 2 is 2.12 bits per heavy atom. The van der Waals surface area contributed by atoms with Crippen molar-refractivity contribution in [1.82, 2.24) is 10.2 Å². The van der Waals surface area contributed by atoms with Crippen LogP contribution in [-0.2, 0) is 0 Å². The van der Waals surface area contributed by atoms with E-state index in [9.17, 15) is 4.79 Å². The standard InChI is InChI=1S/C11H11N3O2/c1-16-10-6-7(12)2-3-8(10)9-4-5-13-14-11(9)15/h2-6H,12H2,1H3,(H,14,15). The average molecular weight is 217 g/mol. The van der Waals surface area contributed by atoms with Crippen LogP contribution in [0.4, 0.5) is 5.69 Å². The number of anilines is 1. The zero-order valence-electron chi connectivity index (χ0n) is 8.73. The summed E-state index contributed by atoms with van der Waals surface area (Å²) < 4.78 is 5.18. The van der Waals surface area contributed by atoms with E-state index in [4.69, 9.17) is 10.5 Å². The Bertz CT molecular complexity index is 563. The molecular weight excluding hydrogens is 206 g/mol. The molecule has 1 aromatic carbocycles. The second-order valence-electron chi connectivity index (χ2n) is 3.26. The van der Waals surface area contributed by atoms with E-state index in [0.717, 1.165) is 0 Å². The van der Waals surface area contributed by atoms with Crippen molar-refractivity contribution in [2.75, 3.05) is 12.8 Å². The molecule has 0 fully saturated rings. The number of aromatic nitrogens is 2. The highest BCUT2D eigenvalue weighted by molar-refractivity contribution is 5.72. The molecule has 0 atom stereocenters. The molecular formula is C11H11N3O2. The van der Waals surface area contributed by atoms with Crippen LogP contribution < -0.4 is 16.0 Å². The number of hydrogen-bond acceptors (Lipinski definition) is 4. The van der Waals surface area contributed by atoms with Crippen molar-refractivity contribution < 1.29 is 4.74 Å². The van der Waals surface area contributed by atoms with Gasteiger partial charge in [-0.2, -0.15) is 5.10 Å². The number of rotatable bonds is 2. The lowest BCUT2D eigenvalue weighted by Gasteiger charge is -2.08. The zero-order valence-corrected chi connectivity index (χ0v) is 8.73. The molecule has 0 aliphatic rings. The number of nitrogens with two attached hydrogens (primary N) is 1. The summed E-state index contributed by atoms with van der Waals surface area (Å²) in [6, 6.07) is 6.78. The Hall–Kier alpha value is -2.30. The number of nitrogens with zero attached hydrogens (tertiary/aromatic N) is 1. The number of nitrogens with one attached hydrogen (secondary N) is 1. The molecule has 5 heteroatoms. The van der Waals surface area contributed by atoms with Crippen molar-refractivity contribution in [3.63, 3.8) is 0 Å². The molecule has 1 heterocycles. The van der Waals surface area contributed by atoms with E-state index in [1.807, 2.05) is 0 Å². The predicted octanol–water partition coefficient (Wildman–Crippen LogP) is 1.03. The van der Waals surface area contributed by atoms with E-state index in [0.29, 0.717) is 22.6 Å². The molecule has 0 amide bonds. The first-order valence-electron chi connectivity index (χ1n) is 4.70. The van der Waals surface area contributed by atoms with Gasteiger partial charge >= 0.3 is 0 Å². The number of aromatic amines is 1. The van der Waals surface area contributed by atoms with E-state index in [1.54, 1.807) is 24.3 Å². The SMILES string of the molecule is COc1cc(N)ccc1-c1ccn[nH]c1=O. The molecule has 0 aliphatic carbocycles. The normalized spacial score (nSPS) is 10.1. The summed E-state index contributed by atoms with van der Waals surface area (Å²) in [6.07, 6.45) is 1.52. The molecule has 2 rings (SSSR count). The molecule has 0 spiro atoms. The summed E-state index contributed by atoms with van der Waals surface area (Å²) in [4.78, 5) is 11.6. The molecule has 0 saturated heterocycles. The number of H-pyrrole nitrogens is 1. The Labute approximate surface area is 91.9 Å². The van der Waals surface area contributed by atoms with E-state index < -0.39 is 0 Å². The van der Waals surface area contributed by atoms with Crippen molar-refractivity contribution in [2.45, 2.75) is 0 Å². The smallest absolute Gasteiger partial charge is 0.272 e. The maximum atomic E-state index is 11.6. The maximum absolute atomic E-state index is 11.6. The lowest BCUT2D eigenvalue weighted by Crippen LogP contribution is -2.10. The van der Waals surface area contributed by atoms with Crippen LogP contribution in [0.15, 0.2) is 35.3 Å². The molecule has 16 heavy (non-hydrogen) atoms. The molecule has 0 bridgehead atoms. The summed E-state index contributed by atoms with van der Waals surface area (Å²) in [5, 5.41) is 6.01. The molecule has 0 unspecified atom stereocenters. The highest BCUT2D eigenvalue weighted by atomic mass is 16.5. The third kappa shape index (κ3) is 1.75. The Morgan fingerprint density at radius 1 is 1.31 bits per heavy atom. The molecule has 1 aromatic heterocycles. The number of ether oxygens (including phenoxy) is 1. The summed E-state index contributed by atoms with van der Waals surface area (Å²) in [6.45, 7) is 0. The summed E-state index contributed by atoms with van der Waals surface area (Å²) >= 11 is 0. The minimum absolute atomic E-state index is 0.259. The first-order valence-corrected chi connectivity index (χ1v) is 4.70. The van der Waals surface area contributed by atoms with Crippen LogP contribution in [0.3, 0.4) is 0 Å². The summed E-state index contributed by atoms with van der Waals surface area (Å²) in [7, 11) is 1.54. The van der Waals surface area contributed by atoms with Gasteiger partial charge in [0.2, 0.25) is 0 Å². The fourth-order valence-electron chi connectivity index (χ4n) is 1.49. The van der Waals surface area contributed by atoms with Crippen LogP contribution in [0.2, 0.25) is 0 Å². The van der Waals surface area contributed by atoms with Crippen LogP contribution in [0.25, 0.3) is 11.1 Å². The average Bonchev–Trinajstić information content (AvgIpc) is 2.30. The minimum atomic E-state index is -0.259. The minimum Gasteiger partial charge on any atom is -0.496 e. The van der Waals surface area contributed by atoms with Crippen molar-refractivity contribution >= 4 is 5.69 Å². The van der Waals surface area contributed by atoms with Crippen LogP contribution in [0.1, 0.15) is 0 Å². The zero-order chi connectivity index (χ0) is 11.5. The number of benzene rings is 1. The van der Waals surface area contributed by atoms with Crippen LogP contribution >= 0.6 is 0 Å². The lowest BCUT2D eigenvalue weighted by molar-refractivity contribution is 0.416. The highest BCUT2D eigenvalue weighted by Gasteiger charge is 2.09. The van der Waals surface area contributed by atoms with Gasteiger partial charge in [0.15, 0.2) is 0 Å². The van der Waals surface area contributed by atoms with Crippen LogP contribution in [0.5, 0.6) is 5.75 Å². The highest BCUT2D eigenvalue weighted by Crippen LogP contribution is 2.29. The maximum Gasteiger partial charge on any atom is 0.272 e. The second-order valence-corrected chi connectivity index (χ2v) is 3.26. The molecule has 3 N–H and O–H groups in total. The Balaban J connectivity index is 2.65. The van der Waals surface area contributed by atoms with Gasteiger partial charge in [-0.3, -0.25) is 4.79 Å². The van der Waals surface area contributed by atoms with Gasteiger partial charge in [-0.25, -0.2) is 5.10 Å². The van der Waals surface area contributed by atoms with Crippen molar-refractivity contribution in [1.29, 1.82) is 0 Å². The molecule has 82 valence electrons. The number of hydrogen-bond donors (Lipinski definition) is 2. The molecule has 0 saturated carbocycles. The van der Waals surface area contributed by atoms with Gasteiger partial charge in [0.05, 0.1) is 12.7 Å².